The molecule has 0 aliphatic carbocycles. The number of halogens is 1. The van der Waals surface area contributed by atoms with E-state index < -0.39 is 5.60 Å². The maximum absolute atomic E-state index is 13.9. The quantitative estimate of drug-likeness (QED) is 0.840. The monoisotopic (exact) mass is 296 g/mol. The Kier molecular flexibility index (Phi) is 4.73. The first kappa shape index (κ1) is 15.4. The topological polar surface area (TPSA) is 49.5 Å². The predicted molar refractivity (Wildman–Crippen MR) is 82.0 cm³/mol. The normalized spacial score (nSPS) is 24.4. The van der Waals surface area contributed by atoms with Crippen LogP contribution < -0.4 is 5.73 Å². The van der Waals surface area contributed by atoms with Gasteiger partial charge in [-0.1, -0.05) is 12.2 Å². The van der Waals surface area contributed by atoms with Crippen LogP contribution in [0.2, 0.25) is 0 Å². The minimum Gasteiger partial charge on any atom is -0.390 e. The summed E-state index contributed by atoms with van der Waals surface area (Å²) in [4.78, 5) is 2.45. The SMILES string of the molecule is CC1(O)CCCN(Cc2cc(C(N)=S)ccc2F)CC1. The van der Waals surface area contributed by atoms with E-state index >= 15 is 0 Å². The maximum Gasteiger partial charge on any atom is 0.127 e. The molecule has 1 fully saturated rings. The maximum atomic E-state index is 13.9. The zero-order valence-electron chi connectivity index (χ0n) is 11.7. The van der Waals surface area contributed by atoms with Gasteiger partial charge >= 0.3 is 0 Å². The van der Waals surface area contributed by atoms with Crippen molar-refractivity contribution in [2.45, 2.75) is 38.3 Å². The number of aliphatic hydroxyl groups is 1. The first-order chi connectivity index (χ1) is 9.37. The Morgan fingerprint density at radius 2 is 2.20 bits per heavy atom. The lowest BCUT2D eigenvalue weighted by molar-refractivity contribution is 0.0444. The van der Waals surface area contributed by atoms with Crippen LogP contribution in [0.3, 0.4) is 0 Å². The van der Waals surface area contributed by atoms with E-state index in [-0.39, 0.29) is 10.8 Å². The van der Waals surface area contributed by atoms with Crippen LogP contribution in [0.5, 0.6) is 0 Å². The fourth-order valence-corrected chi connectivity index (χ4v) is 2.69. The number of thiocarbonyl (C=S) groups is 1. The van der Waals surface area contributed by atoms with Gasteiger partial charge in [0.05, 0.1) is 5.60 Å². The fourth-order valence-electron chi connectivity index (χ4n) is 2.57. The zero-order chi connectivity index (χ0) is 14.8. The second-order valence-electron chi connectivity index (χ2n) is 5.80. The van der Waals surface area contributed by atoms with Crippen molar-refractivity contribution in [3.63, 3.8) is 0 Å². The highest BCUT2D eigenvalue weighted by Gasteiger charge is 2.25. The molecule has 0 amide bonds. The molecule has 20 heavy (non-hydrogen) atoms. The molecule has 0 bridgehead atoms. The van der Waals surface area contributed by atoms with Gasteiger partial charge in [-0.3, -0.25) is 4.90 Å². The number of likely N-dealkylation sites (tertiary alicyclic amines) is 1. The largest absolute Gasteiger partial charge is 0.390 e. The third-order valence-corrected chi connectivity index (χ3v) is 4.12. The summed E-state index contributed by atoms with van der Waals surface area (Å²) in [5.74, 6) is -0.235. The third-order valence-electron chi connectivity index (χ3n) is 3.88. The van der Waals surface area contributed by atoms with E-state index in [2.05, 4.69) is 4.90 Å². The zero-order valence-corrected chi connectivity index (χ0v) is 12.5. The lowest BCUT2D eigenvalue weighted by atomic mass is 9.98. The average Bonchev–Trinajstić information content (AvgIpc) is 2.53. The van der Waals surface area contributed by atoms with Crippen molar-refractivity contribution in [3.8, 4) is 0 Å². The van der Waals surface area contributed by atoms with Gasteiger partial charge in [0, 0.05) is 24.2 Å². The summed E-state index contributed by atoms with van der Waals surface area (Å²) in [6, 6.07) is 4.74. The third kappa shape index (κ3) is 3.98. The second-order valence-corrected chi connectivity index (χ2v) is 6.24. The van der Waals surface area contributed by atoms with E-state index in [0.29, 0.717) is 24.1 Å². The predicted octanol–water partition coefficient (Wildman–Crippen LogP) is 2.20. The van der Waals surface area contributed by atoms with Crippen LogP contribution in [0.4, 0.5) is 4.39 Å². The van der Waals surface area contributed by atoms with Gasteiger partial charge in [-0.15, -0.1) is 0 Å². The van der Waals surface area contributed by atoms with Gasteiger partial charge in [0.1, 0.15) is 10.8 Å². The van der Waals surface area contributed by atoms with Crippen LogP contribution in [-0.2, 0) is 6.54 Å². The molecular weight excluding hydrogens is 275 g/mol. The minimum atomic E-state index is -0.603. The van der Waals surface area contributed by atoms with Crippen LogP contribution in [0.1, 0.15) is 37.3 Å². The van der Waals surface area contributed by atoms with Crippen molar-refractivity contribution < 1.29 is 9.50 Å². The standard InChI is InChI=1S/C15H21FN2OS/c1-15(19)5-2-7-18(8-6-15)10-12-9-11(14(17)20)3-4-13(12)16/h3-4,9,19H,2,5-8,10H2,1H3,(H2,17,20). The highest BCUT2D eigenvalue weighted by molar-refractivity contribution is 7.80. The first-order valence-electron chi connectivity index (χ1n) is 6.90. The van der Waals surface area contributed by atoms with Gasteiger partial charge in [-0.25, -0.2) is 4.39 Å². The van der Waals surface area contributed by atoms with E-state index in [1.165, 1.54) is 6.07 Å². The number of nitrogens with two attached hydrogens (primary N) is 1. The number of benzene rings is 1. The summed E-state index contributed by atoms with van der Waals surface area (Å²) in [6.45, 7) is 4.03. The molecule has 0 saturated carbocycles. The van der Waals surface area contributed by atoms with E-state index in [9.17, 15) is 9.50 Å². The van der Waals surface area contributed by atoms with Crippen LogP contribution in [0.25, 0.3) is 0 Å². The number of nitrogens with zero attached hydrogens (tertiary/aromatic N) is 1. The van der Waals surface area contributed by atoms with Gasteiger partial charge in [0.2, 0.25) is 0 Å². The molecule has 1 aliphatic heterocycles. The number of hydrogen-bond donors (Lipinski definition) is 2. The summed E-state index contributed by atoms with van der Waals surface area (Å²) < 4.78 is 13.9. The van der Waals surface area contributed by atoms with E-state index in [4.69, 9.17) is 18.0 Å². The summed E-state index contributed by atoms with van der Waals surface area (Å²) in [5, 5.41) is 10.1. The lowest BCUT2D eigenvalue weighted by Crippen LogP contribution is -2.28. The van der Waals surface area contributed by atoms with Crippen molar-refractivity contribution >= 4 is 17.2 Å². The highest BCUT2D eigenvalue weighted by Crippen LogP contribution is 2.23. The van der Waals surface area contributed by atoms with Crippen LogP contribution in [0.15, 0.2) is 18.2 Å². The molecule has 5 heteroatoms. The minimum absolute atomic E-state index is 0.235. The molecule has 1 heterocycles. The summed E-state index contributed by atoms with van der Waals surface area (Å²) in [6.07, 6.45) is 2.42. The molecule has 0 radical (unpaired) electrons. The molecule has 3 nitrogen and oxygen atoms in total. The molecule has 110 valence electrons. The molecule has 1 saturated heterocycles. The molecular formula is C15H21FN2OS. The number of rotatable bonds is 3. The Morgan fingerprint density at radius 1 is 1.45 bits per heavy atom. The smallest absolute Gasteiger partial charge is 0.127 e. The van der Waals surface area contributed by atoms with Crippen molar-refractivity contribution in [3.05, 3.63) is 35.1 Å². The van der Waals surface area contributed by atoms with Gasteiger partial charge in [-0.2, -0.15) is 0 Å². The summed E-state index contributed by atoms with van der Waals surface area (Å²) in [7, 11) is 0. The Hall–Kier alpha value is -1.04. The molecule has 1 unspecified atom stereocenters. The molecule has 0 spiro atoms. The van der Waals surface area contributed by atoms with Gasteiger partial charge in [-0.05, 0) is 50.9 Å². The molecule has 2 rings (SSSR count). The Bertz CT molecular complexity index is 505. The highest BCUT2D eigenvalue weighted by atomic mass is 32.1. The van der Waals surface area contributed by atoms with Crippen LogP contribution in [0, 0.1) is 5.82 Å². The Balaban J connectivity index is 2.09. The van der Waals surface area contributed by atoms with E-state index in [1.807, 2.05) is 6.92 Å². The molecule has 0 aromatic heterocycles. The van der Waals surface area contributed by atoms with Crippen molar-refractivity contribution in [2.24, 2.45) is 5.73 Å². The fraction of sp³-hybridized carbons (Fsp3) is 0.533. The Morgan fingerprint density at radius 3 is 2.90 bits per heavy atom. The molecule has 1 aromatic carbocycles. The van der Waals surface area contributed by atoms with Gasteiger partial charge < -0.3 is 10.8 Å². The summed E-state index contributed by atoms with van der Waals surface area (Å²) in [5.41, 5.74) is 6.29. The van der Waals surface area contributed by atoms with Crippen LogP contribution >= 0.6 is 12.2 Å². The van der Waals surface area contributed by atoms with Gasteiger partial charge in [0.25, 0.3) is 0 Å². The average molecular weight is 296 g/mol. The lowest BCUT2D eigenvalue weighted by Gasteiger charge is -2.22. The van der Waals surface area contributed by atoms with Crippen molar-refractivity contribution in [2.75, 3.05) is 13.1 Å². The van der Waals surface area contributed by atoms with Gasteiger partial charge in [0.15, 0.2) is 0 Å². The van der Waals surface area contributed by atoms with Crippen molar-refractivity contribution in [1.82, 2.24) is 4.90 Å². The molecule has 3 N–H and O–H groups in total. The Labute approximate surface area is 124 Å². The molecule has 1 aliphatic rings. The van der Waals surface area contributed by atoms with Crippen molar-refractivity contribution in [1.29, 1.82) is 0 Å². The van der Waals surface area contributed by atoms with E-state index in [0.717, 1.165) is 25.9 Å². The van der Waals surface area contributed by atoms with E-state index in [1.54, 1.807) is 12.1 Å². The summed E-state index contributed by atoms with van der Waals surface area (Å²) >= 11 is 4.93. The second kappa shape index (κ2) is 6.16. The first-order valence-corrected chi connectivity index (χ1v) is 7.31. The molecule has 1 atom stereocenters. The number of hydrogen-bond acceptors (Lipinski definition) is 3. The molecule has 1 aromatic rings. The van der Waals surface area contributed by atoms with Crippen LogP contribution in [-0.4, -0.2) is 33.7 Å².